The van der Waals surface area contributed by atoms with E-state index in [1.165, 1.54) is 11.0 Å². The van der Waals surface area contributed by atoms with Crippen LogP contribution in [0.5, 0.6) is 17.2 Å². The van der Waals surface area contributed by atoms with E-state index in [0.29, 0.717) is 35.7 Å². The summed E-state index contributed by atoms with van der Waals surface area (Å²) in [4.78, 5) is 32.2. The van der Waals surface area contributed by atoms with E-state index in [-0.39, 0.29) is 29.4 Å². The molecule has 0 bridgehead atoms. The Hall–Kier alpha value is -4.33. The summed E-state index contributed by atoms with van der Waals surface area (Å²) in [6.45, 7) is 6.70. The van der Waals surface area contributed by atoms with Crippen LogP contribution in [0.2, 0.25) is 0 Å². The number of ether oxygens (including phenoxy) is 2. The van der Waals surface area contributed by atoms with Crippen molar-refractivity contribution in [1.29, 1.82) is 0 Å². The highest BCUT2D eigenvalue weighted by molar-refractivity contribution is 6.46. The summed E-state index contributed by atoms with van der Waals surface area (Å²) in [5, 5.41) is 21.7. The first-order valence-corrected chi connectivity index (χ1v) is 12.7. The molecule has 8 heteroatoms. The van der Waals surface area contributed by atoms with Gasteiger partial charge in [0.1, 0.15) is 11.5 Å². The summed E-state index contributed by atoms with van der Waals surface area (Å²) in [5.41, 5.74) is 2.35. The normalized spacial score (nSPS) is 16.6. The van der Waals surface area contributed by atoms with Crippen LogP contribution in [0.4, 0.5) is 0 Å². The van der Waals surface area contributed by atoms with Crippen molar-refractivity contribution in [1.82, 2.24) is 9.88 Å². The van der Waals surface area contributed by atoms with E-state index in [0.717, 1.165) is 18.4 Å². The monoisotopic (exact) mass is 516 g/mol. The second-order valence-corrected chi connectivity index (χ2v) is 9.13. The minimum atomic E-state index is -0.908. The SMILES string of the molecule is CCCCOc1ccc(/C(O)=C2\C(=O)C(=O)N(Cc3cccnc3)[C@@H]2c2ccc(O)c(OCC)c2)c(C)c1. The molecule has 0 radical (unpaired) electrons. The molecule has 1 fully saturated rings. The van der Waals surface area contributed by atoms with Gasteiger partial charge in [0, 0.05) is 24.5 Å². The summed E-state index contributed by atoms with van der Waals surface area (Å²) < 4.78 is 11.3. The molecular formula is C30H32N2O6. The van der Waals surface area contributed by atoms with Crippen LogP contribution < -0.4 is 9.47 Å². The molecule has 0 spiro atoms. The Bertz CT molecular complexity index is 1350. The number of nitrogens with zero attached hydrogens (tertiary/aromatic N) is 2. The molecule has 1 aliphatic heterocycles. The van der Waals surface area contributed by atoms with E-state index in [9.17, 15) is 19.8 Å². The zero-order valence-electron chi connectivity index (χ0n) is 21.8. The van der Waals surface area contributed by atoms with Gasteiger partial charge in [-0.3, -0.25) is 14.6 Å². The van der Waals surface area contributed by atoms with Gasteiger partial charge >= 0.3 is 0 Å². The number of phenols is 1. The van der Waals surface area contributed by atoms with Crippen molar-refractivity contribution in [3.63, 3.8) is 0 Å². The lowest BCUT2D eigenvalue weighted by atomic mass is 9.93. The lowest BCUT2D eigenvalue weighted by Crippen LogP contribution is -2.29. The molecule has 3 aromatic rings. The van der Waals surface area contributed by atoms with E-state index in [2.05, 4.69) is 11.9 Å². The maximum atomic E-state index is 13.4. The van der Waals surface area contributed by atoms with Crippen molar-refractivity contribution in [2.45, 2.75) is 46.2 Å². The average Bonchev–Trinajstić information content (AvgIpc) is 3.15. The van der Waals surface area contributed by atoms with Gasteiger partial charge < -0.3 is 24.6 Å². The second kappa shape index (κ2) is 11.8. The van der Waals surface area contributed by atoms with Crippen LogP contribution in [-0.4, -0.2) is 45.0 Å². The van der Waals surface area contributed by atoms with E-state index in [1.807, 2.05) is 13.0 Å². The average molecular weight is 517 g/mol. The quantitative estimate of drug-likeness (QED) is 0.163. The number of hydrogen-bond acceptors (Lipinski definition) is 7. The van der Waals surface area contributed by atoms with Crippen molar-refractivity contribution < 1.29 is 29.3 Å². The predicted octanol–water partition coefficient (Wildman–Crippen LogP) is 5.30. The first kappa shape index (κ1) is 26.7. The third kappa shape index (κ3) is 5.49. The number of amides is 1. The van der Waals surface area contributed by atoms with Crippen LogP contribution in [-0.2, 0) is 16.1 Å². The van der Waals surface area contributed by atoms with Gasteiger partial charge in [-0.05, 0) is 73.4 Å². The third-order valence-electron chi connectivity index (χ3n) is 6.43. The number of aromatic hydroxyl groups is 1. The van der Waals surface area contributed by atoms with Crippen LogP contribution in [0.25, 0.3) is 5.76 Å². The molecule has 8 nitrogen and oxygen atoms in total. The summed E-state index contributed by atoms with van der Waals surface area (Å²) in [5.74, 6) is -0.962. The number of pyridine rings is 1. The highest BCUT2D eigenvalue weighted by atomic mass is 16.5. The zero-order valence-corrected chi connectivity index (χ0v) is 21.8. The Balaban J connectivity index is 1.82. The molecule has 4 rings (SSSR count). The van der Waals surface area contributed by atoms with Crippen molar-refractivity contribution in [2.75, 3.05) is 13.2 Å². The maximum absolute atomic E-state index is 13.4. The van der Waals surface area contributed by atoms with Crippen molar-refractivity contribution in [3.05, 3.63) is 88.8 Å². The molecule has 1 aliphatic rings. The summed E-state index contributed by atoms with van der Waals surface area (Å²) in [6, 6.07) is 12.6. The number of carbonyl (C=O) groups is 2. The highest BCUT2D eigenvalue weighted by Gasteiger charge is 2.46. The van der Waals surface area contributed by atoms with Gasteiger partial charge in [0.05, 0.1) is 24.8 Å². The van der Waals surface area contributed by atoms with Crippen molar-refractivity contribution >= 4 is 17.4 Å². The van der Waals surface area contributed by atoms with Crippen LogP contribution in [0.15, 0.2) is 66.5 Å². The molecule has 2 N–H and O–H groups in total. The molecule has 1 amide bonds. The molecule has 198 valence electrons. The van der Waals surface area contributed by atoms with Crippen LogP contribution in [0.1, 0.15) is 55.0 Å². The fraction of sp³-hybridized carbons (Fsp3) is 0.300. The van der Waals surface area contributed by atoms with Gasteiger partial charge in [0.25, 0.3) is 11.7 Å². The molecule has 2 heterocycles. The number of Topliss-reactive ketones (excluding diaryl/α,β-unsaturated/α-hetero) is 1. The molecular weight excluding hydrogens is 484 g/mol. The van der Waals surface area contributed by atoms with Gasteiger partial charge in [-0.1, -0.05) is 25.5 Å². The number of ketones is 1. The number of likely N-dealkylation sites (tertiary alicyclic amines) is 1. The van der Waals surface area contributed by atoms with E-state index in [4.69, 9.17) is 9.47 Å². The van der Waals surface area contributed by atoms with Crippen molar-refractivity contribution in [3.8, 4) is 17.2 Å². The molecule has 0 unspecified atom stereocenters. The van der Waals surface area contributed by atoms with Gasteiger partial charge in [-0.15, -0.1) is 0 Å². The number of benzene rings is 2. The predicted molar refractivity (Wildman–Crippen MR) is 143 cm³/mol. The van der Waals surface area contributed by atoms with Crippen LogP contribution >= 0.6 is 0 Å². The Morgan fingerprint density at radius 1 is 1.08 bits per heavy atom. The Kier molecular flexibility index (Phi) is 8.31. The summed E-state index contributed by atoms with van der Waals surface area (Å²) >= 11 is 0. The molecule has 38 heavy (non-hydrogen) atoms. The number of aliphatic hydroxyl groups excluding tert-OH is 1. The van der Waals surface area contributed by atoms with Gasteiger partial charge in [-0.2, -0.15) is 0 Å². The summed E-state index contributed by atoms with van der Waals surface area (Å²) in [6.07, 6.45) is 5.19. The first-order chi connectivity index (χ1) is 18.3. The molecule has 1 aromatic heterocycles. The molecule has 0 saturated carbocycles. The molecule has 0 aliphatic carbocycles. The maximum Gasteiger partial charge on any atom is 0.295 e. The van der Waals surface area contributed by atoms with Crippen LogP contribution in [0.3, 0.4) is 0 Å². The first-order valence-electron chi connectivity index (χ1n) is 12.7. The lowest BCUT2D eigenvalue weighted by molar-refractivity contribution is -0.140. The molecule has 1 saturated heterocycles. The number of aromatic nitrogens is 1. The lowest BCUT2D eigenvalue weighted by Gasteiger charge is -2.26. The smallest absolute Gasteiger partial charge is 0.295 e. The highest BCUT2D eigenvalue weighted by Crippen LogP contribution is 2.43. The third-order valence-corrected chi connectivity index (χ3v) is 6.43. The summed E-state index contributed by atoms with van der Waals surface area (Å²) in [7, 11) is 0. The van der Waals surface area contributed by atoms with Gasteiger partial charge in [0.2, 0.25) is 0 Å². The Morgan fingerprint density at radius 3 is 2.58 bits per heavy atom. The molecule has 1 atom stereocenters. The second-order valence-electron chi connectivity index (χ2n) is 9.13. The fourth-order valence-electron chi connectivity index (χ4n) is 4.52. The Morgan fingerprint density at radius 2 is 1.89 bits per heavy atom. The van der Waals surface area contributed by atoms with E-state index in [1.54, 1.807) is 55.7 Å². The number of carbonyl (C=O) groups excluding carboxylic acids is 2. The number of rotatable bonds is 10. The molecule has 2 aromatic carbocycles. The minimum Gasteiger partial charge on any atom is -0.507 e. The fourth-order valence-corrected chi connectivity index (χ4v) is 4.52. The van der Waals surface area contributed by atoms with Crippen LogP contribution in [0, 0.1) is 6.92 Å². The number of aryl methyl sites for hydroxylation is 1. The minimum absolute atomic E-state index is 0.0326. The standard InChI is InChI=1S/C30H32N2O6/c1-4-6-14-38-22-10-11-23(19(3)15-22)28(34)26-27(21-9-12-24(33)25(16-21)37-5-2)32(30(36)29(26)35)18-20-8-7-13-31-17-20/h7-13,15-17,27,33-34H,4-6,14,18H2,1-3H3/b28-26+/t27-/m1/s1. The number of phenolic OH excluding ortho intramolecular Hbond substituents is 1. The number of hydrogen-bond donors (Lipinski definition) is 2. The number of aliphatic hydroxyl groups is 1. The Labute approximate surface area is 222 Å². The van der Waals surface area contributed by atoms with Gasteiger partial charge in [-0.25, -0.2) is 0 Å². The topological polar surface area (TPSA) is 109 Å². The van der Waals surface area contributed by atoms with Gasteiger partial charge in [0.15, 0.2) is 11.5 Å². The number of unbranched alkanes of at least 4 members (excludes halogenated alkanes) is 1. The zero-order chi connectivity index (χ0) is 27.2. The largest absolute Gasteiger partial charge is 0.507 e. The van der Waals surface area contributed by atoms with E-state index < -0.39 is 17.7 Å². The van der Waals surface area contributed by atoms with Crippen molar-refractivity contribution in [2.24, 2.45) is 0 Å². The van der Waals surface area contributed by atoms with E-state index >= 15 is 0 Å².